The third-order valence-corrected chi connectivity index (χ3v) is 5.51. The Labute approximate surface area is 128 Å². The Morgan fingerprint density at radius 2 is 2.14 bits per heavy atom. The molecule has 0 amide bonds. The molecule has 2 rings (SSSR count). The summed E-state index contributed by atoms with van der Waals surface area (Å²) in [7, 11) is 1.72. The smallest absolute Gasteiger partial charge is 0.310 e. The summed E-state index contributed by atoms with van der Waals surface area (Å²) in [4.78, 5) is 14.4. The maximum atomic E-state index is 12.0. The molecule has 122 valence electrons. The second-order valence-corrected chi connectivity index (χ2v) is 7.33. The summed E-state index contributed by atoms with van der Waals surface area (Å²) in [5.74, 6) is 0.684. The first kappa shape index (κ1) is 16.8. The van der Waals surface area contributed by atoms with Gasteiger partial charge in [-0.25, -0.2) is 0 Å². The second kappa shape index (κ2) is 7.10. The highest BCUT2D eigenvalue weighted by Gasteiger charge is 2.45. The van der Waals surface area contributed by atoms with Gasteiger partial charge >= 0.3 is 5.97 Å². The number of hydrogen-bond donors (Lipinski definition) is 1. The fraction of sp³-hybridized carbons (Fsp3) is 0.941. The van der Waals surface area contributed by atoms with E-state index in [-0.39, 0.29) is 0 Å². The number of rotatable bonds is 8. The van der Waals surface area contributed by atoms with Gasteiger partial charge in [-0.2, -0.15) is 0 Å². The van der Waals surface area contributed by atoms with Crippen LogP contribution in [0, 0.1) is 17.3 Å². The monoisotopic (exact) mass is 297 g/mol. The van der Waals surface area contributed by atoms with Gasteiger partial charge in [0.2, 0.25) is 0 Å². The minimum absolute atomic E-state index is 0.480. The van der Waals surface area contributed by atoms with E-state index in [0.717, 1.165) is 31.7 Å². The highest BCUT2D eigenvalue weighted by Crippen LogP contribution is 2.42. The minimum atomic E-state index is -0.598. The molecule has 0 radical (unpaired) electrons. The second-order valence-electron chi connectivity index (χ2n) is 7.33. The highest BCUT2D eigenvalue weighted by atomic mass is 16.5. The first-order chi connectivity index (χ1) is 9.98. The zero-order chi connectivity index (χ0) is 15.5. The molecule has 2 aliphatic rings. The van der Waals surface area contributed by atoms with Crippen molar-refractivity contribution in [2.75, 3.05) is 26.8 Å². The van der Waals surface area contributed by atoms with Crippen LogP contribution in [0.4, 0.5) is 0 Å². The summed E-state index contributed by atoms with van der Waals surface area (Å²) in [6.07, 6.45) is 6.45. The van der Waals surface area contributed by atoms with E-state index in [1.807, 2.05) is 0 Å². The molecule has 4 nitrogen and oxygen atoms in total. The topological polar surface area (TPSA) is 49.8 Å². The van der Waals surface area contributed by atoms with Crippen LogP contribution in [0.5, 0.6) is 0 Å². The van der Waals surface area contributed by atoms with Crippen LogP contribution >= 0.6 is 0 Å². The highest BCUT2D eigenvalue weighted by molar-refractivity contribution is 5.75. The van der Waals surface area contributed by atoms with Crippen molar-refractivity contribution in [3.05, 3.63) is 0 Å². The van der Waals surface area contributed by atoms with Gasteiger partial charge in [-0.05, 0) is 44.4 Å². The number of aliphatic carboxylic acids is 1. The first-order valence-corrected chi connectivity index (χ1v) is 8.45. The minimum Gasteiger partial charge on any atom is -0.481 e. The molecule has 0 spiro atoms. The number of hydrogen-bond acceptors (Lipinski definition) is 3. The number of carboxylic acid groups (broad SMARTS) is 1. The number of methoxy groups -OCH3 is 1. The van der Waals surface area contributed by atoms with Crippen molar-refractivity contribution in [1.82, 2.24) is 4.90 Å². The molecule has 0 heterocycles. The summed E-state index contributed by atoms with van der Waals surface area (Å²) < 4.78 is 5.24. The summed E-state index contributed by atoms with van der Waals surface area (Å²) in [6, 6.07) is 0.480. The zero-order valence-corrected chi connectivity index (χ0v) is 13.8. The average molecular weight is 297 g/mol. The molecular weight excluding hydrogens is 266 g/mol. The molecule has 2 saturated carbocycles. The fourth-order valence-corrected chi connectivity index (χ4v) is 3.97. The molecule has 0 aliphatic heterocycles. The van der Waals surface area contributed by atoms with E-state index in [1.54, 1.807) is 7.11 Å². The maximum Gasteiger partial charge on any atom is 0.310 e. The SMILES string of the molecule is COCCN(CC1(C(=O)O)CCCC(C)C1)C(C)C1CC1. The number of carbonyl (C=O) groups is 1. The lowest BCUT2D eigenvalue weighted by molar-refractivity contribution is -0.154. The fourth-order valence-electron chi connectivity index (χ4n) is 3.97. The van der Waals surface area contributed by atoms with Gasteiger partial charge in [-0.1, -0.05) is 19.8 Å². The van der Waals surface area contributed by atoms with Gasteiger partial charge in [-0.15, -0.1) is 0 Å². The molecule has 0 aromatic heterocycles. The molecule has 21 heavy (non-hydrogen) atoms. The molecule has 0 aromatic carbocycles. The Bertz CT molecular complexity index is 356. The summed E-state index contributed by atoms with van der Waals surface area (Å²) in [5.41, 5.74) is -0.547. The molecule has 0 bridgehead atoms. The summed E-state index contributed by atoms with van der Waals surface area (Å²) >= 11 is 0. The van der Waals surface area contributed by atoms with Crippen molar-refractivity contribution in [1.29, 1.82) is 0 Å². The zero-order valence-electron chi connectivity index (χ0n) is 13.8. The lowest BCUT2D eigenvalue weighted by Crippen LogP contribution is -2.50. The van der Waals surface area contributed by atoms with Gasteiger partial charge in [0, 0.05) is 26.2 Å². The molecule has 1 N–H and O–H groups in total. The van der Waals surface area contributed by atoms with E-state index in [2.05, 4.69) is 18.7 Å². The Kier molecular flexibility index (Phi) is 5.67. The van der Waals surface area contributed by atoms with E-state index < -0.39 is 11.4 Å². The lowest BCUT2D eigenvalue weighted by atomic mass is 9.69. The molecule has 0 saturated heterocycles. The normalized spacial score (nSPS) is 31.3. The van der Waals surface area contributed by atoms with E-state index >= 15 is 0 Å². The molecular formula is C17H31NO3. The molecule has 2 fully saturated rings. The van der Waals surface area contributed by atoms with Crippen molar-refractivity contribution < 1.29 is 14.6 Å². The molecule has 0 aromatic rings. The molecule has 2 aliphatic carbocycles. The standard InChI is InChI=1S/C17H31NO3/c1-13-5-4-8-17(11-13,16(19)20)12-18(9-10-21-3)14(2)15-6-7-15/h13-15H,4-12H2,1-3H3,(H,19,20). The van der Waals surface area contributed by atoms with Gasteiger partial charge in [0.05, 0.1) is 12.0 Å². The van der Waals surface area contributed by atoms with Crippen molar-refractivity contribution >= 4 is 5.97 Å². The van der Waals surface area contributed by atoms with Crippen LogP contribution in [0.15, 0.2) is 0 Å². The number of nitrogens with zero attached hydrogens (tertiary/aromatic N) is 1. The molecule has 4 heteroatoms. The Balaban J connectivity index is 2.08. The number of carboxylic acids is 1. The van der Waals surface area contributed by atoms with Crippen LogP contribution in [0.2, 0.25) is 0 Å². The van der Waals surface area contributed by atoms with Gasteiger partial charge in [-0.3, -0.25) is 9.69 Å². The largest absolute Gasteiger partial charge is 0.481 e. The Morgan fingerprint density at radius 3 is 2.67 bits per heavy atom. The van der Waals surface area contributed by atoms with Crippen LogP contribution in [0.3, 0.4) is 0 Å². The van der Waals surface area contributed by atoms with Crippen molar-refractivity contribution in [2.45, 2.75) is 58.4 Å². The summed E-state index contributed by atoms with van der Waals surface area (Å²) in [6.45, 7) is 6.67. The first-order valence-electron chi connectivity index (χ1n) is 8.45. The van der Waals surface area contributed by atoms with Crippen molar-refractivity contribution in [3.8, 4) is 0 Å². The third-order valence-electron chi connectivity index (χ3n) is 5.51. The predicted molar refractivity (Wildman–Crippen MR) is 83.3 cm³/mol. The van der Waals surface area contributed by atoms with E-state index in [4.69, 9.17) is 4.74 Å². The van der Waals surface area contributed by atoms with Crippen LogP contribution in [-0.2, 0) is 9.53 Å². The van der Waals surface area contributed by atoms with E-state index in [1.165, 1.54) is 19.3 Å². The van der Waals surface area contributed by atoms with Gasteiger partial charge in [0.1, 0.15) is 0 Å². The van der Waals surface area contributed by atoms with Crippen molar-refractivity contribution in [3.63, 3.8) is 0 Å². The molecule has 3 unspecified atom stereocenters. The van der Waals surface area contributed by atoms with Crippen LogP contribution in [0.25, 0.3) is 0 Å². The predicted octanol–water partition coefficient (Wildman–Crippen LogP) is 3.01. The van der Waals surface area contributed by atoms with E-state index in [0.29, 0.717) is 25.1 Å². The average Bonchev–Trinajstić information content (AvgIpc) is 3.27. The maximum absolute atomic E-state index is 12.0. The third kappa shape index (κ3) is 4.19. The quantitative estimate of drug-likeness (QED) is 0.748. The van der Waals surface area contributed by atoms with Gasteiger partial charge in [0.15, 0.2) is 0 Å². The number of ether oxygens (including phenoxy) is 1. The lowest BCUT2D eigenvalue weighted by Gasteiger charge is -2.42. The molecule has 3 atom stereocenters. The van der Waals surface area contributed by atoms with E-state index in [9.17, 15) is 9.90 Å². The van der Waals surface area contributed by atoms with Gasteiger partial charge in [0.25, 0.3) is 0 Å². The van der Waals surface area contributed by atoms with Crippen LogP contribution in [0.1, 0.15) is 52.4 Å². The van der Waals surface area contributed by atoms with Crippen LogP contribution < -0.4 is 0 Å². The Hall–Kier alpha value is -0.610. The Morgan fingerprint density at radius 1 is 1.43 bits per heavy atom. The summed E-state index contributed by atoms with van der Waals surface area (Å²) in [5, 5.41) is 9.86. The van der Waals surface area contributed by atoms with Crippen LogP contribution in [-0.4, -0.2) is 48.8 Å². The van der Waals surface area contributed by atoms with Crippen molar-refractivity contribution in [2.24, 2.45) is 17.3 Å². The van der Waals surface area contributed by atoms with Gasteiger partial charge < -0.3 is 9.84 Å².